The van der Waals surface area contributed by atoms with Crippen LogP contribution in [0.5, 0.6) is 0 Å². The van der Waals surface area contributed by atoms with E-state index in [4.69, 9.17) is 11.6 Å². The summed E-state index contributed by atoms with van der Waals surface area (Å²) in [6.45, 7) is -0.0799. The number of imide groups is 1. The average molecular weight is 509 g/mol. The first-order chi connectivity index (χ1) is 16.7. The lowest BCUT2D eigenvalue weighted by atomic mass is 9.31. The molecule has 2 aliphatic heterocycles. The van der Waals surface area contributed by atoms with Gasteiger partial charge in [-0.25, -0.2) is 0 Å². The van der Waals surface area contributed by atoms with Gasteiger partial charge in [0.1, 0.15) is 31.4 Å². The number of halogens is 3. The third-order valence-electron chi connectivity index (χ3n) is 7.87. The molecule has 1 saturated heterocycles. The molecule has 0 bridgehead atoms. The summed E-state index contributed by atoms with van der Waals surface area (Å²) in [6, 6.07) is 9.53. The highest BCUT2D eigenvalue weighted by molar-refractivity contribution is 6.57. The van der Waals surface area contributed by atoms with Crippen LogP contribution < -0.4 is 10.6 Å². The summed E-state index contributed by atoms with van der Waals surface area (Å²) >= 11 is 5.73. The third kappa shape index (κ3) is 3.93. The van der Waals surface area contributed by atoms with Crippen LogP contribution in [-0.2, 0) is 33.4 Å². The second-order valence-electron chi connectivity index (χ2n) is 9.98. The molecule has 2 N–H and O–H groups in total. The summed E-state index contributed by atoms with van der Waals surface area (Å²) in [5.74, 6) is -7.04. The van der Waals surface area contributed by atoms with Gasteiger partial charge in [0.05, 0.1) is 5.44 Å². The summed E-state index contributed by atoms with van der Waals surface area (Å²) in [6.07, 6.45) is 0. The molecule has 0 spiro atoms. The maximum absolute atomic E-state index is 14.6. The van der Waals surface area contributed by atoms with Gasteiger partial charge < -0.3 is 10.2 Å². The van der Waals surface area contributed by atoms with Gasteiger partial charge in [-0.3, -0.25) is 24.5 Å². The molecular weight excluding hydrogens is 487 g/mol. The van der Waals surface area contributed by atoms with E-state index in [1.165, 1.54) is 17.0 Å². The summed E-state index contributed by atoms with van der Waals surface area (Å²) < 4.78 is 29.1. The number of nitrogens with zero attached hydrogens (tertiary/aromatic N) is 1. The number of hydrogen-bond acceptors (Lipinski definition) is 4. The highest BCUT2D eigenvalue weighted by Crippen LogP contribution is 2.49. The molecular formula is C22H22B4ClF2N3O4. The first-order valence-corrected chi connectivity index (χ1v) is 11.8. The van der Waals surface area contributed by atoms with Crippen molar-refractivity contribution < 1.29 is 28.0 Å². The van der Waals surface area contributed by atoms with Crippen LogP contribution in [0, 0.1) is 0 Å². The Kier molecular flexibility index (Phi) is 6.35. The SMILES string of the molecule is BC1C(=O)NC(=O)[C@@](B)(N2Cc3cc(CNC(=O)C(F)(F)c4ccc(Cl)cc4)ccc3C2=O)C1(B)B. The summed E-state index contributed by atoms with van der Waals surface area (Å²) in [5, 5.41) is 4.05. The van der Waals surface area contributed by atoms with E-state index in [0.717, 1.165) is 12.1 Å². The van der Waals surface area contributed by atoms with Crippen molar-refractivity contribution in [1.82, 2.24) is 15.5 Å². The standard InChI is InChI=1S/C22H22B4ClF2N3O4/c23-15-16(33)31-19(36)22(26,21(15,24)25)32-9-11-7-10(1-6-14(11)17(32)34)8-30-18(35)20(28,29)12-2-4-13(27)5-3-12/h1-7,15H,8-9,23-26H2,(H,30,35)(H,31,33,36)/t15?,22-/m1/s1. The zero-order valence-corrected chi connectivity index (χ0v) is 21.0. The number of carbonyl (C=O) groups excluding carboxylic acids is 4. The predicted molar refractivity (Wildman–Crippen MR) is 140 cm³/mol. The van der Waals surface area contributed by atoms with Gasteiger partial charge in [0.2, 0.25) is 11.8 Å². The number of hydrogen-bond donors (Lipinski definition) is 2. The quantitative estimate of drug-likeness (QED) is 0.379. The van der Waals surface area contributed by atoms with Crippen molar-refractivity contribution in [2.24, 2.45) is 0 Å². The minimum atomic E-state index is -3.75. The summed E-state index contributed by atoms with van der Waals surface area (Å²) in [5.41, 5.74) is -0.277. The molecule has 2 aromatic rings. The third-order valence-corrected chi connectivity index (χ3v) is 8.12. The van der Waals surface area contributed by atoms with Crippen molar-refractivity contribution in [3.8, 4) is 0 Å². The normalized spacial score (nSPS) is 23.2. The molecule has 0 saturated carbocycles. The zero-order valence-electron chi connectivity index (χ0n) is 20.2. The van der Waals surface area contributed by atoms with Crippen LogP contribution in [0.4, 0.5) is 8.78 Å². The molecule has 2 aliphatic rings. The zero-order chi connectivity index (χ0) is 26.6. The van der Waals surface area contributed by atoms with E-state index in [2.05, 4.69) is 10.6 Å². The van der Waals surface area contributed by atoms with Gasteiger partial charge in [-0.15, -0.1) is 0 Å². The van der Waals surface area contributed by atoms with E-state index in [0.29, 0.717) is 16.7 Å². The van der Waals surface area contributed by atoms with Gasteiger partial charge in [-0.2, -0.15) is 8.78 Å². The molecule has 2 aromatic carbocycles. The number of fused-ring (bicyclic) bond motifs is 1. The van der Waals surface area contributed by atoms with Crippen molar-refractivity contribution in [3.63, 3.8) is 0 Å². The van der Waals surface area contributed by atoms with Gasteiger partial charge in [-0.1, -0.05) is 41.1 Å². The highest BCUT2D eigenvalue weighted by atomic mass is 35.5. The van der Waals surface area contributed by atoms with Crippen LogP contribution in [0.2, 0.25) is 16.1 Å². The molecule has 4 amide bonds. The molecule has 182 valence electrons. The van der Waals surface area contributed by atoms with E-state index in [1.54, 1.807) is 49.6 Å². The monoisotopic (exact) mass is 509 g/mol. The summed E-state index contributed by atoms with van der Waals surface area (Å²) in [7, 11) is 6.93. The molecule has 36 heavy (non-hydrogen) atoms. The first kappa shape index (κ1) is 26.0. The lowest BCUT2D eigenvalue weighted by molar-refractivity contribution is -0.147. The minimum Gasteiger partial charge on any atom is -0.346 e. The maximum atomic E-state index is 14.6. The molecule has 7 nitrogen and oxygen atoms in total. The molecule has 2 heterocycles. The lowest BCUT2D eigenvalue weighted by Crippen LogP contribution is -2.72. The molecule has 0 aromatic heterocycles. The molecule has 0 aliphatic carbocycles. The van der Waals surface area contributed by atoms with Crippen LogP contribution in [-0.4, -0.2) is 65.4 Å². The van der Waals surface area contributed by atoms with Crippen LogP contribution in [0.1, 0.15) is 27.0 Å². The fourth-order valence-corrected chi connectivity index (χ4v) is 4.91. The number of benzene rings is 2. The van der Waals surface area contributed by atoms with Crippen LogP contribution >= 0.6 is 11.6 Å². The Bertz CT molecular complexity index is 1290. The van der Waals surface area contributed by atoms with Gasteiger partial charge in [0.15, 0.2) is 0 Å². The molecule has 4 rings (SSSR count). The van der Waals surface area contributed by atoms with Crippen LogP contribution in [0.3, 0.4) is 0 Å². The fourth-order valence-electron chi connectivity index (χ4n) is 4.78. The number of amides is 4. The van der Waals surface area contributed by atoms with E-state index >= 15 is 0 Å². The van der Waals surface area contributed by atoms with Crippen molar-refractivity contribution in [1.29, 1.82) is 0 Å². The van der Waals surface area contributed by atoms with E-state index in [-0.39, 0.29) is 29.9 Å². The van der Waals surface area contributed by atoms with Gasteiger partial charge in [-0.05, 0) is 29.3 Å². The van der Waals surface area contributed by atoms with Crippen LogP contribution in [0.15, 0.2) is 42.5 Å². The van der Waals surface area contributed by atoms with E-state index < -0.39 is 39.8 Å². The topological polar surface area (TPSA) is 95.6 Å². The Balaban J connectivity index is 1.52. The Labute approximate surface area is 215 Å². The minimum absolute atomic E-state index is 0.102. The number of nitrogens with one attached hydrogen (secondary N) is 2. The number of carbonyl (C=O) groups is 4. The Morgan fingerprint density at radius 3 is 2.42 bits per heavy atom. The van der Waals surface area contributed by atoms with Crippen molar-refractivity contribution in [3.05, 3.63) is 69.7 Å². The lowest BCUT2D eigenvalue weighted by Gasteiger charge is -2.54. The summed E-state index contributed by atoms with van der Waals surface area (Å²) in [4.78, 5) is 52.2. The van der Waals surface area contributed by atoms with Crippen LogP contribution in [0.25, 0.3) is 0 Å². The second kappa shape index (κ2) is 8.80. The number of piperidine rings is 1. The fraction of sp³-hybridized carbons (Fsp3) is 0.273. The molecule has 1 fully saturated rings. The Hall–Kier alpha value is -3.07. The van der Waals surface area contributed by atoms with Crippen molar-refractivity contribution in [2.45, 2.75) is 35.5 Å². The molecule has 0 radical (unpaired) electrons. The smallest absolute Gasteiger partial charge is 0.346 e. The first-order valence-electron chi connectivity index (χ1n) is 11.4. The largest absolute Gasteiger partial charge is 0.349 e. The highest BCUT2D eigenvalue weighted by Gasteiger charge is 2.60. The molecule has 2 atom stereocenters. The molecule has 1 unspecified atom stereocenters. The number of alkyl halides is 2. The molecule has 14 heteroatoms. The Morgan fingerprint density at radius 1 is 1.14 bits per heavy atom. The average Bonchev–Trinajstić information content (AvgIpc) is 3.16. The van der Waals surface area contributed by atoms with Gasteiger partial charge >= 0.3 is 5.92 Å². The number of rotatable bonds is 5. The predicted octanol–water partition coefficient (Wildman–Crippen LogP) is -1.51. The van der Waals surface area contributed by atoms with Gasteiger partial charge in [0, 0.05) is 35.1 Å². The Morgan fingerprint density at radius 2 is 1.78 bits per heavy atom. The van der Waals surface area contributed by atoms with Crippen molar-refractivity contribution in [2.75, 3.05) is 0 Å². The maximum Gasteiger partial charge on any atom is 0.349 e. The van der Waals surface area contributed by atoms with Gasteiger partial charge in [0.25, 0.3) is 11.8 Å². The van der Waals surface area contributed by atoms with Crippen molar-refractivity contribution >= 4 is 66.6 Å². The second-order valence-corrected chi connectivity index (χ2v) is 10.4. The van der Waals surface area contributed by atoms with E-state index in [1.807, 2.05) is 0 Å². The van der Waals surface area contributed by atoms with E-state index in [9.17, 15) is 28.0 Å².